The molecule has 10 heteroatoms. The number of hydrogen-bond acceptors (Lipinski definition) is 7. The standard InChI is InChI=1S/C22H31N5O5/c1-22(2,3)19(21(30)26-12-15(28)10-16(26)20(29)23-4)27-11-14(24-25-27)13-32-18-9-7-6-8-17(18)31-5/h6-9,11,15-16,19,28H,10,12-13H2,1-5H3,(H,23,29)/t15?,16-,19?/m1/s1. The van der Waals surface area contributed by atoms with Gasteiger partial charge >= 0.3 is 0 Å². The number of methoxy groups -OCH3 is 1. The minimum absolute atomic E-state index is 0.0992. The summed E-state index contributed by atoms with van der Waals surface area (Å²) in [7, 11) is 3.09. The lowest BCUT2D eigenvalue weighted by Gasteiger charge is -2.34. The minimum atomic E-state index is -0.748. The smallest absolute Gasteiger partial charge is 0.248 e. The van der Waals surface area contributed by atoms with Crippen LogP contribution in [0.2, 0.25) is 0 Å². The number of likely N-dealkylation sites (N-methyl/N-ethyl adjacent to an activating group) is 1. The number of carbonyl (C=O) groups excluding carboxylic acids is 2. The van der Waals surface area contributed by atoms with Gasteiger partial charge in [0, 0.05) is 20.0 Å². The van der Waals surface area contributed by atoms with Gasteiger partial charge < -0.3 is 24.8 Å². The number of aliphatic hydroxyl groups is 1. The molecule has 1 aliphatic heterocycles. The molecule has 1 saturated heterocycles. The molecular formula is C22H31N5O5. The summed E-state index contributed by atoms with van der Waals surface area (Å²) in [5.41, 5.74) is 0.0223. The van der Waals surface area contributed by atoms with Crippen LogP contribution >= 0.6 is 0 Å². The molecule has 0 aliphatic carbocycles. The monoisotopic (exact) mass is 445 g/mol. The lowest BCUT2D eigenvalue weighted by Crippen LogP contribution is -2.49. The highest BCUT2D eigenvalue weighted by Crippen LogP contribution is 2.34. The SMILES string of the molecule is CNC(=O)[C@H]1CC(O)CN1C(=O)C(n1cc(COc2ccccc2OC)nn1)C(C)(C)C. The third-order valence-corrected chi connectivity index (χ3v) is 5.43. The fourth-order valence-corrected chi connectivity index (χ4v) is 3.91. The van der Waals surface area contributed by atoms with Crippen LogP contribution in [-0.2, 0) is 16.2 Å². The summed E-state index contributed by atoms with van der Waals surface area (Å²) in [6.45, 7) is 6.01. The number of likely N-dealkylation sites (tertiary alicyclic amines) is 1. The van der Waals surface area contributed by atoms with Gasteiger partial charge in [-0.2, -0.15) is 0 Å². The summed E-state index contributed by atoms with van der Waals surface area (Å²) >= 11 is 0. The summed E-state index contributed by atoms with van der Waals surface area (Å²) < 4.78 is 12.6. The number of benzene rings is 1. The zero-order chi connectivity index (χ0) is 23.5. The van der Waals surface area contributed by atoms with Crippen molar-refractivity contribution in [2.75, 3.05) is 20.7 Å². The maximum Gasteiger partial charge on any atom is 0.248 e. The second-order valence-electron chi connectivity index (χ2n) is 8.91. The van der Waals surface area contributed by atoms with E-state index >= 15 is 0 Å². The number of ether oxygens (including phenoxy) is 2. The molecule has 3 atom stereocenters. The summed E-state index contributed by atoms with van der Waals surface area (Å²) in [5, 5.41) is 21.0. The summed E-state index contributed by atoms with van der Waals surface area (Å²) in [6.07, 6.45) is 1.13. The number of aliphatic hydroxyl groups excluding tert-OH is 1. The van der Waals surface area contributed by atoms with Gasteiger partial charge in [-0.3, -0.25) is 9.59 Å². The number of β-amino-alcohol motifs (C(OH)–C–C–N with tert-alkyl or cyclic N) is 1. The van der Waals surface area contributed by atoms with E-state index in [2.05, 4.69) is 15.6 Å². The Kier molecular flexibility index (Phi) is 7.02. The Labute approximate surface area is 187 Å². The average molecular weight is 446 g/mol. The molecule has 2 unspecified atom stereocenters. The van der Waals surface area contributed by atoms with E-state index in [9.17, 15) is 14.7 Å². The van der Waals surface area contributed by atoms with E-state index in [4.69, 9.17) is 9.47 Å². The highest BCUT2D eigenvalue weighted by atomic mass is 16.5. The molecule has 32 heavy (non-hydrogen) atoms. The molecule has 1 aromatic heterocycles. The molecule has 1 aromatic carbocycles. The quantitative estimate of drug-likeness (QED) is 0.656. The van der Waals surface area contributed by atoms with Crippen LogP contribution in [0.4, 0.5) is 0 Å². The van der Waals surface area contributed by atoms with E-state index < -0.39 is 23.6 Å². The van der Waals surface area contributed by atoms with E-state index in [1.54, 1.807) is 25.4 Å². The molecule has 0 radical (unpaired) electrons. The first kappa shape index (κ1) is 23.5. The molecule has 2 heterocycles. The number of nitrogens with zero attached hydrogens (tertiary/aromatic N) is 4. The molecule has 0 saturated carbocycles. The second-order valence-corrected chi connectivity index (χ2v) is 8.91. The number of rotatable bonds is 7. The Balaban J connectivity index is 1.81. The fourth-order valence-electron chi connectivity index (χ4n) is 3.91. The minimum Gasteiger partial charge on any atom is -0.493 e. The van der Waals surface area contributed by atoms with Gasteiger partial charge in [-0.05, 0) is 17.5 Å². The summed E-state index contributed by atoms with van der Waals surface area (Å²) in [5.74, 6) is 0.597. The van der Waals surface area contributed by atoms with E-state index in [-0.39, 0.29) is 31.4 Å². The topological polar surface area (TPSA) is 119 Å². The number of para-hydroxylation sites is 2. The number of nitrogens with one attached hydrogen (secondary N) is 1. The fraction of sp³-hybridized carbons (Fsp3) is 0.545. The Bertz CT molecular complexity index is 954. The average Bonchev–Trinajstić information content (AvgIpc) is 3.37. The van der Waals surface area contributed by atoms with Crippen LogP contribution in [0.3, 0.4) is 0 Å². The van der Waals surface area contributed by atoms with Crippen molar-refractivity contribution in [3.8, 4) is 11.5 Å². The van der Waals surface area contributed by atoms with Crippen molar-refractivity contribution in [1.29, 1.82) is 0 Å². The van der Waals surface area contributed by atoms with Crippen LogP contribution in [0.15, 0.2) is 30.5 Å². The molecule has 2 amide bonds. The van der Waals surface area contributed by atoms with Crippen molar-refractivity contribution in [3.63, 3.8) is 0 Å². The molecule has 1 aliphatic rings. The third kappa shape index (κ3) is 5.01. The van der Waals surface area contributed by atoms with Gasteiger partial charge in [0.15, 0.2) is 11.5 Å². The maximum absolute atomic E-state index is 13.5. The van der Waals surface area contributed by atoms with Gasteiger partial charge in [0.1, 0.15) is 24.4 Å². The number of aromatic nitrogens is 3. The van der Waals surface area contributed by atoms with Crippen molar-refractivity contribution in [3.05, 3.63) is 36.2 Å². The second kappa shape index (κ2) is 9.56. The first-order valence-corrected chi connectivity index (χ1v) is 10.5. The van der Waals surface area contributed by atoms with Crippen LogP contribution in [0.1, 0.15) is 38.9 Å². The first-order chi connectivity index (χ1) is 15.2. The van der Waals surface area contributed by atoms with Gasteiger partial charge in [-0.25, -0.2) is 4.68 Å². The Hall–Kier alpha value is -3.14. The lowest BCUT2D eigenvalue weighted by atomic mass is 9.85. The Morgan fingerprint density at radius 2 is 1.97 bits per heavy atom. The van der Waals surface area contributed by atoms with Crippen LogP contribution in [-0.4, -0.2) is 69.7 Å². The molecule has 3 rings (SSSR count). The van der Waals surface area contributed by atoms with Crippen LogP contribution in [0, 0.1) is 5.41 Å². The number of hydrogen-bond donors (Lipinski definition) is 2. The van der Waals surface area contributed by atoms with Gasteiger partial charge in [-0.15, -0.1) is 5.10 Å². The summed E-state index contributed by atoms with van der Waals surface area (Å²) in [4.78, 5) is 27.3. The molecule has 0 spiro atoms. The van der Waals surface area contributed by atoms with Gasteiger partial charge in [0.25, 0.3) is 0 Å². The van der Waals surface area contributed by atoms with Crippen LogP contribution in [0.5, 0.6) is 11.5 Å². The zero-order valence-corrected chi connectivity index (χ0v) is 19.1. The number of carbonyl (C=O) groups is 2. The maximum atomic E-state index is 13.5. The van der Waals surface area contributed by atoms with Crippen molar-refractivity contribution in [2.45, 2.75) is 52.0 Å². The van der Waals surface area contributed by atoms with Crippen molar-refractivity contribution in [2.24, 2.45) is 5.41 Å². The Morgan fingerprint density at radius 3 is 2.59 bits per heavy atom. The molecular weight excluding hydrogens is 414 g/mol. The molecule has 2 aromatic rings. The van der Waals surface area contributed by atoms with E-state index in [0.717, 1.165) is 0 Å². The predicted molar refractivity (Wildman–Crippen MR) is 116 cm³/mol. The van der Waals surface area contributed by atoms with Crippen molar-refractivity contribution in [1.82, 2.24) is 25.2 Å². The summed E-state index contributed by atoms with van der Waals surface area (Å²) in [6, 6.07) is 5.85. The van der Waals surface area contributed by atoms with Crippen molar-refractivity contribution < 1.29 is 24.2 Å². The molecule has 1 fully saturated rings. The molecule has 174 valence electrons. The largest absolute Gasteiger partial charge is 0.493 e. The van der Waals surface area contributed by atoms with E-state index in [1.807, 2.05) is 32.9 Å². The first-order valence-electron chi connectivity index (χ1n) is 10.5. The van der Waals surface area contributed by atoms with E-state index in [0.29, 0.717) is 17.2 Å². The third-order valence-electron chi connectivity index (χ3n) is 5.43. The molecule has 0 bridgehead atoms. The zero-order valence-electron chi connectivity index (χ0n) is 19.1. The van der Waals surface area contributed by atoms with Gasteiger partial charge in [-0.1, -0.05) is 38.1 Å². The Morgan fingerprint density at radius 1 is 1.28 bits per heavy atom. The molecule has 2 N–H and O–H groups in total. The highest BCUT2D eigenvalue weighted by molar-refractivity contribution is 5.90. The number of amides is 2. The van der Waals surface area contributed by atoms with Gasteiger partial charge in [0.05, 0.1) is 19.4 Å². The van der Waals surface area contributed by atoms with Crippen molar-refractivity contribution >= 4 is 11.8 Å². The molecule has 10 nitrogen and oxygen atoms in total. The van der Waals surface area contributed by atoms with Crippen LogP contribution < -0.4 is 14.8 Å². The predicted octanol–water partition coefficient (Wildman–Crippen LogP) is 1.16. The van der Waals surface area contributed by atoms with Gasteiger partial charge in [0.2, 0.25) is 11.8 Å². The normalized spacial score (nSPS) is 19.5. The van der Waals surface area contributed by atoms with E-state index in [1.165, 1.54) is 16.6 Å². The van der Waals surface area contributed by atoms with Crippen LogP contribution in [0.25, 0.3) is 0 Å². The lowest BCUT2D eigenvalue weighted by molar-refractivity contribution is -0.144. The highest BCUT2D eigenvalue weighted by Gasteiger charge is 2.45.